The van der Waals surface area contributed by atoms with Crippen LogP contribution in [0.5, 0.6) is 0 Å². The minimum atomic E-state index is -2.09. The number of benzene rings is 2. The summed E-state index contributed by atoms with van der Waals surface area (Å²) in [7, 11) is 0. The van der Waals surface area contributed by atoms with Gasteiger partial charge in [-0.1, -0.05) is 81.0 Å². The highest BCUT2D eigenvalue weighted by Crippen LogP contribution is 2.72. The van der Waals surface area contributed by atoms with Crippen molar-refractivity contribution in [3.8, 4) is 0 Å². The van der Waals surface area contributed by atoms with Crippen molar-refractivity contribution in [1.82, 2.24) is 0 Å². The summed E-state index contributed by atoms with van der Waals surface area (Å²) in [6.45, 7) is 5.37. The third kappa shape index (κ3) is 4.14. The highest BCUT2D eigenvalue weighted by molar-refractivity contribution is 5.96. The minimum Gasteiger partial charge on any atom is -0.458 e. The molecule has 10 atom stereocenters. The molecule has 0 radical (unpaired) electrons. The molecule has 44 heavy (non-hydrogen) atoms. The number of hydrogen-bond acceptors (Lipinski definition) is 8. The maximum Gasteiger partial charge on any atom is 0.338 e. The fourth-order valence-corrected chi connectivity index (χ4v) is 9.60. The van der Waals surface area contributed by atoms with E-state index < -0.39 is 63.8 Å². The fourth-order valence-electron chi connectivity index (χ4n) is 9.60. The zero-order valence-electron chi connectivity index (χ0n) is 25.6. The molecule has 3 fully saturated rings. The Labute approximate surface area is 258 Å². The molecule has 2 aromatic carbocycles. The fraction of sp³-hybridized carbons (Fsp3) is 0.556. The number of rotatable bonds is 6. The van der Waals surface area contributed by atoms with Gasteiger partial charge in [0.2, 0.25) is 0 Å². The second kappa shape index (κ2) is 10.6. The standard InChI is InChI=1S/C36H44O8/c1-22(18-27(38)23-10-6-4-7-11-23)34(41)16-17-35(42)33(34,3)30(44-31(40)24-12-8-5-9-13-24)21-28-32(2)15-14-26(37)19-25(32)20-29(39)36(28,35)43/h4-13,20,22,26,28-30,37,39,41-43H,14-19,21H2,1-3H3. The summed E-state index contributed by atoms with van der Waals surface area (Å²) in [4.78, 5) is 26.9. The summed E-state index contributed by atoms with van der Waals surface area (Å²) in [6, 6.07) is 17.3. The molecule has 4 aliphatic rings. The quantitative estimate of drug-likeness (QED) is 0.189. The average Bonchev–Trinajstić information content (AvgIpc) is 3.24. The van der Waals surface area contributed by atoms with Crippen LogP contribution in [0.1, 0.15) is 86.4 Å². The predicted molar refractivity (Wildman–Crippen MR) is 163 cm³/mol. The number of aliphatic hydroxyl groups excluding tert-OH is 2. The number of carbonyl (C=O) groups is 2. The van der Waals surface area contributed by atoms with Crippen molar-refractivity contribution in [2.45, 2.75) is 101 Å². The van der Waals surface area contributed by atoms with Crippen molar-refractivity contribution in [2.24, 2.45) is 22.7 Å². The number of ketones is 1. The molecule has 0 aromatic heterocycles. The van der Waals surface area contributed by atoms with E-state index >= 15 is 0 Å². The minimum absolute atomic E-state index is 0.0242. The van der Waals surface area contributed by atoms with Gasteiger partial charge in [0.05, 0.1) is 22.7 Å². The number of carbonyl (C=O) groups excluding carboxylic acids is 2. The van der Waals surface area contributed by atoms with Crippen molar-refractivity contribution in [3.05, 3.63) is 83.4 Å². The molecule has 236 valence electrons. The molecule has 5 N–H and O–H groups in total. The third-order valence-electron chi connectivity index (χ3n) is 12.3. The van der Waals surface area contributed by atoms with Gasteiger partial charge in [-0.3, -0.25) is 4.79 Å². The number of esters is 1. The van der Waals surface area contributed by atoms with Crippen molar-refractivity contribution >= 4 is 11.8 Å². The van der Waals surface area contributed by atoms with Gasteiger partial charge in [-0.05, 0) is 62.0 Å². The van der Waals surface area contributed by atoms with Gasteiger partial charge in [0, 0.05) is 17.9 Å². The largest absolute Gasteiger partial charge is 0.458 e. The van der Waals surface area contributed by atoms with Crippen molar-refractivity contribution < 1.29 is 39.9 Å². The van der Waals surface area contributed by atoms with Gasteiger partial charge in [-0.15, -0.1) is 0 Å². The summed E-state index contributed by atoms with van der Waals surface area (Å²) < 4.78 is 6.26. The SMILES string of the molecule is CC(CC(=O)c1ccccc1)C1(O)CCC2(O)C3(O)C(O)C=C4CC(O)CCC4(C)C3CC(OC(=O)c3ccccc3)C12C. The number of ether oxygens (including phenoxy) is 1. The highest BCUT2D eigenvalue weighted by atomic mass is 16.5. The van der Waals surface area contributed by atoms with Gasteiger partial charge < -0.3 is 30.3 Å². The Bertz CT molecular complexity index is 1460. The normalized spacial score (nSPS) is 41.9. The summed E-state index contributed by atoms with van der Waals surface area (Å²) in [5.74, 6) is -2.23. The molecule has 2 aromatic rings. The van der Waals surface area contributed by atoms with Gasteiger partial charge in [-0.25, -0.2) is 4.79 Å². The molecule has 4 aliphatic carbocycles. The Morgan fingerprint density at radius 1 is 0.909 bits per heavy atom. The van der Waals surface area contributed by atoms with Crippen LogP contribution in [-0.4, -0.2) is 72.4 Å². The van der Waals surface area contributed by atoms with E-state index in [9.17, 15) is 35.1 Å². The maximum absolute atomic E-state index is 13.6. The first-order chi connectivity index (χ1) is 20.7. The van der Waals surface area contributed by atoms with Crippen LogP contribution in [0.2, 0.25) is 0 Å². The van der Waals surface area contributed by atoms with Crippen LogP contribution in [-0.2, 0) is 4.74 Å². The lowest BCUT2D eigenvalue weighted by molar-refractivity contribution is -0.339. The molecule has 0 heterocycles. The molecule has 0 aliphatic heterocycles. The maximum atomic E-state index is 13.6. The second-order valence-electron chi connectivity index (χ2n) is 14.2. The van der Waals surface area contributed by atoms with Gasteiger partial charge in [0.1, 0.15) is 23.4 Å². The van der Waals surface area contributed by atoms with E-state index in [0.29, 0.717) is 30.4 Å². The Morgan fingerprint density at radius 2 is 1.52 bits per heavy atom. The highest BCUT2D eigenvalue weighted by Gasteiger charge is 2.82. The first kappa shape index (κ1) is 31.1. The predicted octanol–water partition coefficient (Wildman–Crippen LogP) is 3.99. The molecule has 6 rings (SSSR count). The van der Waals surface area contributed by atoms with Crippen LogP contribution in [0.4, 0.5) is 0 Å². The Kier molecular flexibility index (Phi) is 7.49. The third-order valence-corrected chi connectivity index (χ3v) is 12.3. The molecule has 3 saturated carbocycles. The second-order valence-corrected chi connectivity index (χ2v) is 14.2. The molecular formula is C36H44O8. The van der Waals surface area contributed by atoms with Gasteiger partial charge in [-0.2, -0.15) is 0 Å². The molecule has 0 amide bonds. The zero-order valence-corrected chi connectivity index (χ0v) is 25.6. The van der Waals surface area contributed by atoms with E-state index in [-0.39, 0.29) is 31.5 Å². The Morgan fingerprint density at radius 3 is 2.16 bits per heavy atom. The first-order valence-electron chi connectivity index (χ1n) is 15.8. The molecule has 0 bridgehead atoms. The monoisotopic (exact) mass is 604 g/mol. The van der Waals surface area contributed by atoms with Gasteiger partial charge in [0.25, 0.3) is 0 Å². The number of fused-ring (bicyclic) bond motifs is 5. The number of hydrogen-bond donors (Lipinski definition) is 5. The number of Topliss-reactive ketones (excluding diaryl/α,β-unsaturated/α-hetero) is 1. The van der Waals surface area contributed by atoms with E-state index in [0.717, 1.165) is 5.57 Å². The molecular weight excluding hydrogens is 560 g/mol. The first-order valence-corrected chi connectivity index (χ1v) is 15.8. The zero-order chi connectivity index (χ0) is 31.7. The van der Waals surface area contributed by atoms with E-state index in [4.69, 9.17) is 4.74 Å². The lowest BCUT2D eigenvalue weighted by Gasteiger charge is -2.68. The molecule has 8 nitrogen and oxygen atoms in total. The Hall–Kier alpha value is -2.88. The van der Waals surface area contributed by atoms with Crippen molar-refractivity contribution in [2.75, 3.05) is 0 Å². The van der Waals surface area contributed by atoms with Crippen LogP contribution in [0.3, 0.4) is 0 Å². The molecule has 0 spiro atoms. The molecule has 8 heteroatoms. The lowest BCUT2D eigenvalue weighted by Crippen LogP contribution is -2.81. The summed E-state index contributed by atoms with van der Waals surface area (Å²) in [5, 5.41) is 60.5. The smallest absolute Gasteiger partial charge is 0.338 e. The van der Waals surface area contributed by atoms with E-state index in [2.05, 4.69) is 0 Å². The van der Waals surface area contributed by atoms with Crippen molar-refractivity contribution in [3.63, 3.8) is 0 Å². The van der Waals surface area contributed by atoms with Crippen LogP contribution in [0.25, 0.3) is 0 Å². The Balaban J connectivity index is 1.46. The van der Waals surface area contributed by atoms with E-state index in [1.165, 1.54) is 0 Å². The number of aliphatic hydroxyl groups is 5. The van der Waals surface area contributed by atoms with Crippen molar-refractivity contribution in [1.29, 1.82) is 0 Å². The van der Waals surface area contributed by atoms with Crippen LogP contribution in [0, 0.1) is 22.7 Å². The van der Waals surface area contributed by atoms with E-state index in [1.807, 2.05) is 13.0 Å². The topological polar surface area (TPSA) is 145 Å². The van der Waals surface area contributed by atoms with Crippen LogP contribution >= 0.6 is 0 Å². The van der Waals surface area contributed by atoms with Gasteiger partial charge in [0.15, 0.2) is 5.78 Å². The average molecular weight is 605 g/mol. The summed E-state index contributed by atoms with van der Waals surface area (Å²) >= 11 is 0. The van der Waals surface area contributed by atoms with Crippen LogP contribution < -0.4 is 0 Å². The molecule has 0 saturated heterocycles. The van der Waals surface area contributed by atoms with E-state index in [1.54, 1.807) is 74.5 Å². The van der Waals surface area contributed by atoms with Crippen LogP contribution in [0.15, 0.2) is 72.3 Å². The molecule has 10 unspecified atom stereocenters. The summed E-state index contributed by atoms with van der Waals surface area (Å²) in [5.41, 5.74) is -6.67. The van der Waals surface area contributed by atoms with Gasteiger partial charge >= 0.3 is 5.97 Å². The lowest BCUT2D eigenvalue weighted by atomic mass is 9.41. The summed E-state index contributed by atoms with van der Waals surface area (Å²) in [6.07, 6.45) is -0.225.